The molecule has 0 aliphatic carbocycles. The third-order valence-electron chi connectivity index (χ3n) is 3.12. The SMILES string of the molecule is O=C(O)c1c(CNCCCCCCO)cccc1[N+](=O)[O-]. The molecule has 1 rings (SSSR count). The van der Waals surface area contributed by atoms with Gasteiger partial charge in [-0.2, -0.15) is 0 Å². The van der Waals surface area contributed by atoms with Gasteiger partial charge in [-0.1, -0.05) is 25.0 Å². The fourth-order valence-corrected chi connectivity index (χ4v) is 2.07. The predicted molar refractivity (Wildman–Crippen MR) is 77.3 cm³/mol. The molecule has 0 radical (unpaired) electrons. The van der Waals surface area contributed by atoms with E-state index in [1.807, 2.05) is 0 Å². The molecule has 0 fully saturated rings. The number of nitrogens with one attached hydrogen (secondary N) is 1. The minimum absolute atomic E-state index is 0.198. The van der Waals surface area contributed by atoms with Crippen molar-refractivity contribution in [2.45, 2.75) is 32.2 Å². The van der Waals surface area contributed by atoms with Gasteiger partial charge in [0.2, 0.25) is 0 Å². The van der Waals surface area contributed by atoms with Gasteiger partial charge in [0.05, 0.1) is 4.92 Å². The number of carboxylic acids is 1. The lowest BCUT2D eigenvalue weighted by atomic mass is 10.1. The van der Waals surface area contributed by atoms with Crippen LogP contribution >= 0.6 is 0 Å². The van der Waals surface area contributed by atoms with Crippen LogP contribution in [0.5, 0.6) is 0 Å². The van der Waals surface area contributed by atoms with E-state index in [0.29, 0.717) is 12.1 Å². The van der Waals surface area contributed by atoms with E-state index in [1.165, 1.54) is 12.1 Å². The summed E-state index contributed by atoms with van der Waals surface area (Å²) in [5.41, 5.74) is -0.230. The Hall–Kier alpha value is -1.99. The first-order chi connectivity index (χ1) is 10.1. The molecule has 0 saturated carbocycles. The van der Waals surface area contributed by atoms with E-state index >= 15 is 0 Å². The molecule has 0 unspecified atom stereocenters. The number of carbonyl (C=O) groups is 1. The summed E-state index contributed by atoms with van der Waals surface area (Å²) in [5.74, 6) is -1.29. The summed E-state index contributed by atoms with van der Waals surface area (Å²) in [5, 5.41) is 31.7. The van der Waals surface area contributed by atoms with Crippen molar-refractivity contribution < 1.29 is 19.9 Å². The number of aromatic carboxylic acids is 1. The zero-order valence-electron chi connectivity index (χ0n) is 11.7. The second-order valence-corrected chi connectivity index (χ2v) is 4.69. The van der Waals surface area contributed by atoms with Crippen LogP contribution in [0.2, 0.25) is 0 Å². The molecule has 116 valence electrons. The van der Waals surface area contributed by atoms with Crippen molar-refractivity contribution >= 4 is 11.7 Å². The van der Waals surface area contributed by atoms with Gasteiger partial charge in [0, 0.05) is 19.2 Å². The van der Waals surface area contributed by atoms with E-state index in [2.05, 4.69) is 5.32 Å². The van der Waals surface area contributed by atoms with Gasteiger partial charge in [0.25, 0.3) is 5.69 Å². The fraction of sp³-hybridized carbons (Fsp3) is 0.500. The van der Waals surface area contributed by atoms with Gasteiger partial charge in [-0.05, 0) is 24.9 Å². The molecule has 1 aromatic rings. The van der Waals surface area contributed by atoms with E-state index in [4.69, 9.17) is 10.2 Å². The average molecular weight is 296 g/mol. The molecule has 1 aromatic carbocycles. The molecule has 7 heteroatoms. The standard InChI is InChI=1S/C14H20N2O5/c17-9-4-2-1-3-8-15-10-11-6-5-7-12(16(20)21)13(11)14(18)19/h5-7,15,17H,1-4,8-10H2,(H,18,19). The van der Waals surface area contributed by atoms with E-state index in [0.717, 1.165) is 25.7 Å². The van der Waals surface area contributed by atoms with Crippen LogP contribution in [0.15, 0.2) is 18.2 Å². The van der Waals surface area contributed by atoms with Crippen molar-refractivity contribution in [2.75, 3.05) is 13.2 Å². The van der Waals surface area contributed by atoms with Gasteiger partial charge in [0.1, 0.15) is 5.56 Å². The Morgan fingerprint density at radius 2 is 1.95 bits per heavy atom. The summed E-state index contributed by atoms with van der Waals surface area (Å²) in [6.45, 7) is 1.18. The number of nitrogens with zero attached hydrogens (tertiary/aromatic N) is 1. The largest absolute Gasteiger partial charge is 0.477 e. The molecule has 3 N–H and O–H groups in total. The molecule has 0 bridgehead atoms. The topological polar surface area (TPSA) is 113 Å². The van der Waals surface area contributed by atoms with Crippen LogP contribution < -0.4 is 5.32 Å². The second kappa shape index (κ2) is 9.04. The predicted octanol–water partition coefficient (Wildman–Crippen LogP) is 1.94. The Morgan fingerprint density at radius 3 is 2.57 bits per heavy atom. The van der Waals surface area contributed by atoms with Crippen molar-refractivity contribution in [3.05, 3.63) is 39.4 Å². The lowest BCUT2D eigenvalue weighted by Crippen LogP contribution is -2.18. The zero-order valence-corrected chi connectivity index (χ0v) is 11.7. The monoisotopic (exact) mass is 296 g/mol. The smallest absolute Gasteiger partial charge is 0.343 e. The van der Waals surface area contributed by atoms with Crippen molar-refractivity contribution in [3.63, 3.8) is 0 Å². The van der Waals surface area contributed by atoms with Crippen LogP contribution in [0.4, 0.5) is 5.69 Å². The minimum Gasteiger partial charge on any atom is -0.477 e. The van der Waals surface area contributed by atoms with Gasteiger partial charge in [0.15, 0.2) is 0 Å². The number of aliphatic hydroxyl groups excluding tert-OH is 1. The molecule has 0 atom stereocenters. The lowest BCUT2D eigenvalue weighted by molar-refractivity contribution is -0.385. The number of nitro benzene ring substituents is 1. The molecule has 7 nitrogen and oxygen atoms in total. The highest BCUT2D eigenvalue weighted by Gasteiger charge is 2.22. The zero-order chi connectivity index (χ0) is 15.7. The van der Waals surface area contributed by atoms with E-state index in [1.54, 1.807) is 6.07 Å². The average Bonchev–Trinajstić information content (AvgIpc) is 2.45. The third-order valence-corrected chi connectivity index (χ3v) is 3.12. The first-order valence-electron chi connectivity index (χ1n) is 6.89. The van der Waals surface area contributed by atoms with Crippen molar-refractivity contribution in [1.29, 1.82) is 0 Å². The summed E-state index contributed by atoms with van der Waals surface area (Å²) in [7, 11) is 0. The highest BCUT2D eigenvalue weighted by molar-refractivity contribution is 5.94. The van der Waals surface area contributed by atoms with Crippen LogP contribution in [0.3, 0.4) is 0 Å². The number of benzene rings is 1. The summed E-state index contributed by atoms with van der Waals surface area (Å²) >= 11 is 0. The van der Waals surface area contributed by atoms with E-state index < -0.39 is 10.9 Å². The van der Waals surface area contributed by atoms with Crippen LogP contribution in [-0.2, 0) is 6.54 Å². The third kappa shape index (κ3) is 5.49. The molecule has 0 aliphatic rings. The van der Waals surface area contributed by atoms with Crippen molar-refractivity contribution in [3.8, 4) is 0 Å². The van der Waals surface area contributed by atoms with E-state index in [-0.39, 0.29) is 24.4 Å². The normalized spacial score (nSPS) is 10.5. The van der Waals surface area contributed by atoms with Gasteiger partial charge in [-0.15, -0.1) is 0 Å². The summed E-state index contributed by atoms with van der Waals surface area (Å²) in [6, 6.07) is 4.26. The van der Waals surface area contributed by atoms with Crippen LogP contribution in [-0.4, -0.2) is 34.3 Å². The van der Waals surface area contributed by atoms with Gasteiger partial charge in [-0.25, -0.2) is 4.79 Å². The lowest BCUT2D eigenvalue weighted by Gasteiger charge is -2.08. The molecular weight excluding hydrogens is 276 g/mol. The fourth-order valence-electron chi connectivity index (χ4n) is 2.07. The number of rotatable bonds is 10. The van der Waals surface area contributed by atoms with Crippen LogP contribution in [0, 0.1) is 10.1 Å². The number of carboxylic acid groups (broad SMARTS) is 1. The van der Waals surface area contributed by atoms with Gasteiger partial charge in [-0.3, -0.25) is 10.1 Å². The van der Waals surface area contributed by atoms with E-state index in [9.17, 15) is 14.9 Å². The first kappa shape index (κ1) is 17.1. The first-order valence-corrected chi connectivity index (χ1v) is 6.89. The maximum absolute atomic E-state index is 11.2. The molecule has 21 heavy (non-hydrogen) atoms. The Kier molecular flexibility index (Phi) is 7.34. The summed E-state index contributed by atoms with van der Waals surface area (Å²) < 4.78 is 0. The Bertz CT molecular complexity index is 490. The second-order valence-electron chi connectivity index (χ2n) is 4.69. The molecule has 0 spiro atoms. The van der Waals surface area contributed by atoms with Gasteiger partial charge < -0.3 is 15.5 Å². The molecule has 0 aliphatic heterocycles. The highest BCUT2D eigenvalue weighted by Crippen LogP contribution is 2.22. The minimum atomic E-state index is -1.29. The molecule has 0 heterocycles. The summed E-state index contributed by atoms with van der Waals surface area (Å²) in [4.78, 5) is 21.4. The van der Waals surface area contributed by atoms with Crippen molar-refractivity contribution in [1.82, 2.24) is 5.32 Å². The van der Waals surface area contributed by atoms with Crippen molar-refractivity contribution in [2.24, 2.45) is 0 Å². The quantitative estimate of drug-likeness (QED) is 0.345. The van der Waals surface area contributed by atoms with Crippen LogP contribution in [0.25, 0.3) is 0 Å². The highest BCUT2D eigenvalue weighted by atomic mass is 16.6. The maximum atomic E-state index is 11.2. The molecule has 0 amide bonds. The Morgan fingerprint density at radius 1 is 1.24 bits per heavy atom. The number of nitro groups is 1. The van der Waals surface area contributed by atoms with Gasteiger partial charge >= 0.3 is 5.97 Å². The Labute approximate surface area is 122 Å². The maximum Gasteiger partial charge on any atom is 0.343 e. The Balaban J connectivity index is 2.57. The molecular formula is C14H20N2O5. The molecule has 0 saturated heterocycles. The summed E-state index contributed by atoms with van der Waals surface area (Å²) in [6.07, 6.45) is 3.63. The number of aliphatic hydroxyl groups is 1. The number of hydrogen-bond donors (Lipinski definition) is 3. The number of hydrogen-bond acceptors (Lipinski definition) is 5. The molecule has 0 aromatic heterocycles. The number of unbranched alkanes of at least 4 members (excludes halogenated alkanes) is 3. The van der Waals surface area contributed by atoms with Crippen LogP contribution in [0.1, 0.15) is 41.6 Å².